The number of aromatic nitrogens is 1. The molecule has 1 unspecified atom stereocenters. The Kier molecular flexibility index (Phi) is 2.61. The molecule has 0 aliphatic carbocycles. The SMILES string of the molecule is CC1(NCc2nc3ccccc3o2)CCNC1. The first-order valence-corrected chi connectivity index (χ1v) is 6.05. The fourth-order valence-corrected chi connectivity index (χ4v) is 2.25. The Bertz CT molecular complexity index is 481. The first-order valence-electron chi connectivity index (χ1n) is 6.05. The molecule has 1 saturated heterocycles. The van der Waals surface area contributed by atoms with Gasteiger partial charge in [-0.15, -0.1) is 0 Å². The van der Waals surface area contributed by atoms with Crippen molar-refractivity contribution in [3.63, 3.8) is 0 Å². The first-order chi connectivity index (χ1) is 8.25. The van der Waals surface area contributed by atoms with Crippen LogP contribution in [0.2, 0.25) is 0 Å². The van der Waals surface area contributed by atoms with E-state index in [2.05, 4.69) is 22.5 Å². The second-order valence-electron chi connectivity index (χ2n) is 4.92. The minimum atomic E-state index is 0.167. The van der Waals surface area contributed by atoms with E-state index in [0.717, 1.165) is 36.5 Å². The molecule has 0 radical (unpaired) electrons. The zero-order valence-corrected chi connectivity index (χ0v) is 9.99. The number of rotatable bonds is 3. The predicted octanol–water partition coefficient (Wildman–Crippen LogP) is 1.67. The largest absolute Gasteiger partial charge is 0.439 e. The third-order valence-corrected chi connectivity index (χ3v) is 3.37. The summed E-state index contributed by atoms with van der Waals surface area (Å²) in [4.78, 5) is 4.46. The normalized spacial score (nSPS) is 24.5. The van der Waals surface area contributed by atoms with Crippen LogP contribution in [0.1, 0.15) is 19.2 Å². The summed E-state index contributed by atoms with van der Waals surface area (Å²) in [6, 6.07) is 7.86. The van der Waals surface area contributed by atoms with E-state index >= 15 is 0 Å². The molecule has 1 atom stereocenters. The van der Waals surface area contributed by atoms with Gasteiger partial charge in [-0.25, -0.2) is 4.98 Å². The zero-order chi connectivity index (χ0) is 11.7. The van der Waals surface area contributed by atoms with E-state index in [1.54, 1.807) is 0 Å². The van der Waals surface area contributed by atoms with Gasteiger partial charge in [0.05, 0.1) is 6.54 Å². The highest BCUT2D eigenvalue weighted by atomic mass is 16.3. The first kappa shape index (κ1) is 10.7. The fourth-order valence-electron chi connectivity index (χ4n) is 2.25. The van der Waals surface area contributed by atoms with Crippen molar-refractivity contribution in [2.75, 3.05) is 13.1 Å². The molecule has 17 heavy (non-hydrogen) atoms. The highest BCUT2D eigenvalue weighted by molar-refractivity contribution is 5.72. The van der Waals surface area contributed by atoms with Gasteiger partial charge >= 0.3 is 0 Å². The summed E-state index contributed by atoms with van der Waals surface area (Å²) in [6.07, 6.45) is 1.15. The number of nitrogens with zero attached hydrogens (tertiary/aromatic N) is 1. The third-order valence-electron chi connectivity index (χ3n) is 3.37. The molecule has 0 amide bonds. The zero-order valence-electron chi connectivity index (χ0n) is 9.99. The summed E-state index contributed by atoms with van der Waals surface area (Å²) in [7, 11) is 0. The van der Waals surface area contributed by atoms with Gasteiger partial charge in [-0.05, 0) is 32.0 Å². The molecule has 1 aliphatic heterocycles. The van der Waals surface area contributed by atoms with Crippen LogP contribution in [0.5, 0.6) is 0 Å². The molecular formula is C13H17N3O. The van der Waals surface area contributed by atoms with Gasteiger partial charge in [0.2, 0.25) is 5.89 Å². The molecular weight excluding hydrogens is 214 g/mol. The van der Waals surface area contributed by atoms with Crippen LogP contribution in [0.3, 0.4) is 0 Å². The maximum Gasteiger partial charge on any atom is 0.209 e. The number of para-hydroxylation sites is 2. The molecule has 2 N–H and O–H groups in total. The van der Waals surface area contributed by atoms with Crippen molar-refractivity contribution in [1.82, 2.24) is 15.6 Å². The molecule has 1 aliphatic rings. The molecule has 2 aromatic rings. The second-order valence-corrected chi connectivity index (χ2v) is 4.92. The van der Waals surface area contributed by atoms with Crippen LogP contribution in [0.25, 0.3) is 11.1 Å². The summed E-state index contributed by atoms with van der Waals surface area (Å²) in [5.74, 6) is 0.763. The lowest BCUT2D eigenvalue weighted by molar-refractivity contribution is 0.359. The van der Waals surface area contributed by atoms with Gasteiger partial charge in [-0.2, -0.15) is 0 Å². The van der Waals surface area contributed by atoms with Crippen LogP contribution in [0.15, 0.2) is 28.7 Å². The lowest BCUT2D eigenvalue weighted by atomic mass is 10.0. The molecule has 1 aromatic heterocycles. The molecule has 3 rings (SSSR count). The van der Waals surface area contributed by atoms with Gasteiger partial charge in [0.25, 0.3) is 0 Å². The molecule has 1 fully saturated rings. The van der Waals surface area contributed by atoms with Crippen LogP contribution in [-0.2, 0) is 6.54 Å². The van der Waals surface area contributed by atoms with Gasteiger partial charge in [-0.1, -0.05) is 12.1 Å². The molecule has 0 saturated carbocycles. The van der Waals surface area contributed by atoms with Crippen LogP contribution in [0.4, 0.5) is 0 Å². The Morgan fingerprint density at radius 2 is 2.35 bits per heavy atom. The summed E-state index contributed by atoms with van der Waals surface area (Å²) in [5.41, 5.74) is 1.96. The Morgan fingerprint density at radius 1 is 1.47 bits per heavy atom. The number of fused-ring (bicyclic) bond motifs is 1. The molecule has 4 nitrogen and oxygen atoms in total. The highest BCUT2D eigenvalue weighted by Gasteiger charge is 2.27. The number of hydrogen-bond donors (Lipinski definition) is 2. The molecule has 1 aromatic carbocycles. The number of benzene rings is 1. The van der Waals surface area contributed by atoms with E-state index in [0.29, 0.717) is 6.54 Å². The maximum atomic E-state index is 5.68. The number of oxazole rings is 1. The van der Waals surface area contributed by atoms with Crippen molar-refractivity contribution in [1.29, 1.82) is 0 Å². The van der Waals surface area contributed by atoms with E-state index in [4.69, 9.17) is 4.42 Å². The van der Waals surface area contributed by atoms with Crippen LogP contribution in [-0.4, -0.2) is 23.6 Å². The van der Waals surface area contributed by atoms with E-state index in [9.17, 15) is 0 Å². The summed E-state index contributed by atoms with van der Waals surface area (Å²) in [5, 5.41) is 6.88. The lowest BCUT2D eigenvalue weighted by Gasteiger charge is -2.23. The summed E-state index contributed by atoms with van der Waals surface area (Å²) < 4.78 is 5.68. The van der Waals surface area contributed by atoms with E-state index in [1.165, 1.54) is 0 Å². The van der Waals surface area contributed by atoms with Crippen LogP contribution in [0, 0.1) is 0 Å². The van der Waals surface area contributed by atoms with Gasteiger partial charge in [0.15, 0.2) is 5.58 Å². The Morgan fingerprint density at radius 3 is 3.12 bits per heavy atom. The quantitative estimate of drug-likeness (QED) is 0.843. The Balaban J connectivity index is 1.72. The van der Waals surface area contributed by atoms with Gasteiger partial charge in [0.1, 0.15) is 5.52 Å². The Hall–Kier alpha value is -1.39. The molecule has 0 spiro atoms. The standard InChI is InChI=1S/C13H17N3O/c1-13(6-7-14-9-13)15-8-12-16-10-4-2-3-5-11(10)17-12/h2-5,14-15H,6-9H2,1H3. The maximum absolute atomic E-state index is 5.68. The van der Waals surface area contributed by atoms with E-state index in [1.807, 2.05) is 24.3 Å². The second kappa shape index (κ2) is 4.13. The minimum Gasteiger partial charge on any atom is -0.439 e. The average Bonchev–Trinajstić information content (AvgIpc) is 2.93. The van der Waals surface area contributed by atoms with Crippen LogP contribution >= 0.6 is 0 Å². The fraction of sp³-hybridized carbons (Fsp3) is 0.462. The predicted molar refractivity (Wildman–Crippen MR) is 66.7 cm³/mol. The van der Waals surface area contributed by atoms with E-state index < -0.39 is 0 Å². The van der Waals surface area contributed by atoms with Gasteiger partial charge in [0, 0.05) is 12.1 Å². The van der Waals surface area contributed by atoms with Gasteiger partial charge < -0.3 is 15.1 Å². The summed E-state index contributed by atoms with van der Waals surface area (Å²) >= 11 is 0. The molecule has 90 valence electrons. The van der Waals surface area contributed by atoms with Crippen molar-refractivity contribution in [2.45, 2.75) is 25.4 Å². The number of nitrogens with one attached hydrogen (secondary N) is 2. The van der Waals surface area contributed by atoms with Crippen LogP contribution < -0.4 is 10.6 Å². The smallest absolute Gasteiger partial charge is 0.209 e. The van der Waals surface area contributed by atoms with Crippen molar-refractivity contribution in [3.05, 3.63) is 30.2 Å². The highest BCUT2D eigenvalue weighted by Crippen LogP contribution is 2.17. The van der Waals surface area contributed by atoms with Crippen molar-refractivity contribution in [3.8, 4) is 0 Å². The molecule has 4 heteroatoms. The third kappa shape index (κ3) is 2.18. The topological polar surface area (TPSA) is 50.1 Å². The van der Waals surface area contributed by atoms with Crippen molar-refractivity contribution >= 4 is 11.1 Å². The van der Waals surface area contributed by atoms with Crippen molar-refractivity contribution in [2.24, 2.45) is 0 Å². The van der Waals surface area contributed by atoms with Gasteiger partial charge in [-0.3, -0.25) is 0 Å². The Labute approximate surface area is 100 Å². The summed E-state index contributed by atoms with van der Waals surface area (Å²) in [6.45, 7) is 5.01. The number of hydrogen-bond acceptors (Lipinski definition) is 4. The monoisotopic (exact) mass is 231 g/mol. The van der Waals surface area contributed by atoms with Crippen molar-refractivity contribution < 1.29 is 4.42 Å². The average molecular weight is 231 g/mol. The molecule has 0 bridgehead atoms. The lowest BCUT2D eigenvalue weighted by Crippen LogP contribution is -2.43. The minimum absolute atomic E-state index is 0.167. The molecule has 2 heterocycles. The van der Waals surface area contributed by atoms with E-state index in [-0.39, 0.29) is 5.54 Å².